The molecule has 0 saturated heterocycles. The number of aromatic nitrogens is 1. The second-order valence-corrected chi connectivity index (χ2v) is 5.90. The van der Waals surface area contributed by atoms with Crippen molar-refractivity contribution in [2.75, 3.05) is 13.2 Å². The zero-order valence-electron chi connectivity index (χ0n) is 14.6. The molecule has 1 heterocycles. The second-order valence-electron chi connectivity index (χ2n) is 5.90. The molecule has 0 aliphatic heterocycles. The first-order valence-corrected chi connectivity index (χ1v) is 8.79. The molecule has 0 bridgehead atoms. The fourth-order valence-electron chi connectivity index (χ4n) is 2.67. The van der Waals surface area contributed by atoms with Crippen molar-refractivity contribution < 1.29 is 9.26 Å². The molecule has 0 unspecified atom stereocenters. The highest BCUT2D eigenvalue weighted by atomic mass is 16.5. The van der Waals surface area contributed by atoms with Gasteiger partial charge in [0.25, 0.3) is 0 Å². The largest absolute Gasteiger partial charge is 0.493 e. The van der Waals surface area contributed by atoms with Crippen LogP contribution in [0, 0.1) is 0 Å². The van der Waals surface area contributed by atoms with E-state index < -0.39 is 0 Å². The van der Waals surface area contributed by atoms with Gasteiger partial charge in [0.05, 0.1) is 17.9 Å². The van der Waals surface area contributed by atoms with Crippen LogP contribution in [0.2, 0.25) is 0 Å². The number of nitrogens with one attached hydrogen (secondary N) is 1. The van der Waals surface area contributed by atoms with E-state index in [9.17, 15) is 0 Å². The van der Waals surface area contributed by atoms with Gasteiger partial charge < -0.3 is 14.6 Å². The van der Waals surface area contributed by atoms with Crippen molar-refractivity contribution in [3.63, 3.8) is 0 Å². The molecule has 3 aromatic rings. The minimum Gasteiger partial charge on any atom is -0.493 e. The first-order chi connectivity index (χ1) is 12.4. The Labute approximate surface area is 148 Å². The average molecular weight is 336 g/mol. The SMILES string of the molecule is CCNCc1cc(-c2ccccc2OCCCc2ccccc2)on1. The number of hydrogen-bond donors (Lipinski definition) is 1. The summed E-state index contributed by atoms with van der Waals surface area (Å²) in [5.41, 5.74) is 3.18. The first kappa shape index (κ1) is 17.2. The molecule has 0 saturated carbocycles. The summed E-state index contributed by atoms with van der Waals surface area (Å²) in [5, 5.41) is 7.36. The van der Waals surface area contributed by atoms with Gasteiger partial charge in [0.15, 0.2) is 5.76 Å². The molecule has 130 valence electrons. The number of para-hydroxylation sites is 1. The summed E-state index contributed by atoms with van der Waals surface area (Å²) in [5.74, 6) is 1.58. The third-order valence-corrected chi connectivity index (χ3v) is 3.98. The van der Waals surface area contributed by atoms with Crippen LogP contribution in [-0.2, 0) is 13.0 Å². The minimum absolute atomic E-state index is 0.671. The Morgan fingerprint density at radius 1 is 1.04 bits per heavy atom. The van der Waals surface area contributed by atoms with Crippen LogP contribution in [0.25, 0.3) is 11.3 Å². The van der Waals surface area contributed by atoms with E-state index in [1.807, 2.05) is 36.4 Å². The summed E-state index contributed by atoms with van der Waals surface area (Å²) in [4.78, 5) is 0. The van der Waals surface area contributed by atoms with Gasteiger partial charge >= 0.3 is 0 Å². The Kier molecular flexibility index (Phi) is 6.23. The van der Waals surface area contributed by atoms with E-state index in [1.165, 1.54) is 5.56 Å². The van der Waals surface area contributed by atoms with Gasteiger partial charge in [-0.1, -0.05) is 54.5 Å². The maximum Gasteiger partial charge on any atom is 0.170 e. The Morgan fingerprint density at radius 2 is 1.84 bits per heavy atom. The van der Waals surface area contributed by atoms with Gasteiger partial charge in [0.1, 0.15) is 5.75 Å². The lowest BCUT2D eigenvalue weighted by molar-refractivity contribution is 0.310. The maximum absolute atomic E-state index is 6.00. The molecule has 0 aliphatic carbocycles. The highest BCUT2D eigenvalue weighted by Gasteiger charge is 2.11. The van der Waals surface area contributed by atoms with Crippen molar-refractivity contribution in [3.05, 3.63) is 71.9 Å². The Balaban J connectivity index is 1.60. The highest BCUT2D eigenvalue weighted by Crippen LogP contribution is 2.30. The zero-order valence-corrected chi connectivity index (χ0v) is 14.6. The van der Waals surface area contributed by atoms with Crippen molar-refractivity contribution in [3.8, 4) is 17.1 Å². The van der Waals surface area contributed by atoms with Crippen LogP contribution < -0.4 is 10.1 Å². The number of ether oxygens (including phenoxy) is 1. The number of nitrogens with zero attached hydrogens (tertiary/aromatic N) is 1. The molecular formula is C21H24N2O2. The summed E-state index contributed by atoms with van der Waals surface area (Å²) in [7, 11) is 0. The predicted octanol–water partition coefficient (Wildman–Crippen LogP) is 4.46. The smallest absolute Gasteiger partial charge is 0.170 e. The third kappa shape index (κ3) is 4.94. The molecule has 25 heavy (non-hydrogen) atoms. The monoisotopic (exact) mass is 336 g/mol. The second kappa shape index (κ2) is 9.04. The summed E-state index contributed by atoms with van der Waals surface area (Å²) >= 11 is 0. The fraction of sp³-hybridized carbons (Fsp3) is 0.286. The molecule has 0 aliphatic rings. The predicted molar refractivity (Wildman–Crippen MR) is 99.6 cm³/mol. The minimum atomic E-state index is 0.671. The lowest BCUT2D eigenvalue weighted by atomic mass is 10.1. The van der Waals surface area contributed by atoms with Crippen molar-refractivity contribution in [2.24, 2.45) is 0 Å². The molecular weight excluding hydrogens is 312 g/mol. The molecule has 0 spiro atoms. The molecule has 0 atom stereocenters. The van der Waals surface area contributed by atoms with Gasteiger partial charge in [0, 0.05) is 12.6 Å². The van der Waals surface area contributed by atoms with E-state index in [0.29, 0.717) is 13.2 Å². The summed E-state index contributed by atoms with van der Waals surface area (Å²) in [6.45, 7) is 4.35. The van der Waals surface area contributed by atoms with Gasteiger partial charge in [-0.3, -0.25) is 0 Å². The molecule has 4 nitrogen and oxygen atoms in total. The lowest BCUT2D eigenvalue weighted by Crippen LogP contribution is -2.11. The van der Waals surface area contributed by atoms with E-state index in [-0.39, 0.29) is 0 Å². The highest BCUT2D eigenvalue weighted by molar-refractivity contribution is 5.65. The summed E-state index contributed by atoms with van der Waals surface area (Å²) in [6, 6.07) is 20.4. The molecule has 0 fully saturated rings. The van der Waals surface area contributed by atoms with E-state index in [0.717, 1.165) is 42.2 Å². The third-order valence-electron chi connectivity index (χ3n) is 3.98. The van der Waals surface area contributed by atoms with Crippen LogP contribution in [0.15, 0.2) is 65.2 Å². The summed E-state index contributed by atoms with van der Waals surface area (Å²) in [6.07, 6.45) is 1.98. The molecule has 0 amide bonds. The molecule has 2 aromatic carbocycles. The number of rotatable bonds is 9. The van der Waals surface area contributed by atoms with Crippen LogP contribution in [0.1, 0.15) is 24.6 Å². The van der Waals surface area contributed by atoms with Gasteiger partial charge in [-0.05, 0) is 37.1 Å². The van der Waals surface area contributed by atoms with E-state index in [4.69, 9.17) is 9.26 Å². The van der Waals surface area contributed by atoms with Gasteiger partial charge in [0.2, 0.25) is 0 Å². The number of aryl methyl sites for hydroxylation is 1. The zero-order chi connectivity index (χ0) is 17.3. The maximum atomic E-state index is 6.00. The van der Waals surface area contributed by atoms with Crippen LogP contribution in [0.5, 0.6) is 5.75 Å². The van der Waals surface area contributed by atoms with Gasteiger partial charge in [-0.25, -0.2) is 0 Å². The normalized spacial score (nSPS) is 10.8. The summed E-state index contributed by atoms with van der Waals surface area (Å²) < 4.78 is 11.5. The van der Waals surface area contributed by atoms with Crippen molar-refractivity contribution in [1.82, 2.24) is 10.5 Å². The van der Waals surface area contributed by atoms with Gasteiger partial charge in [-0.2, -0.15) is 0 Å². The molecule has 3 rings (SSSR count). The first-order valence-electron chi connectivity index (χ1n) is 8.79. The topological polar surface area (TPSA) is 47.3 Å². The van der Waals surface area contributed by atoms with Crippen LogP contribution in [0.3, 0.4) is 0 Å². The van der Waals surface area contributed by atoms with Crippen LogP contribution in [0.4, 0.5) is 0 Å². The molecule has 4 heteroatoms. The van der Waals surface area contributed by atoms with Crippen molar-refractivity contribution in [1.29, 1.82) is 0 Å². The Morgan fingerprint density at radius 3 is 2.68 bits per heavy atom. The standard InChI is InChI=1S/C21H24N2O2/c1-2-22-16-18-15-21(25-23-18)19-12-6-7-13-20(19)24-14-8-11-17-9-4-3-5-10-17/h3-7,9-10,12-13,15,22H,2,8,11,14,16H2,1H3. The Hall–Kier alpha value is -2.59. The van der Waals surface area contributed by atoms with E-state index in [2.05, 4.69) is 41.7 Å². The van der Waals surface area contributed by atoms with Crippen molar-refractivity contribution >= 4 is 0 Å². The number of benzene rings is 2. The fourth-order valence-corrected chi connectivity index (χ4v) is 2.67. The van der Waals surface area contributed by atoms with E-state index in [1.54, 1.807) is 0 Å². The molecule has 1 aromatic heterocycles. The van der Waals surface area contributed by atoms with E-state index >= 15 is 0 Å². The quantitative estimate of drug-likeness (QED) is 0.586. The number of hydrogen-bond acceptors (Lipinski definition) is 4. The van der Waals surface area contributed by atoms with Crippen LogP contribution in [-0.4, -0.2) is 18.3 Å². The van der Waals surface area contributed by atoms with Crippen LogP contribution >= 0.6 is 0 Å². The van der Waals surface area contributed by atoms with Gasteiger partial charge in [-0.15, -0.1) is 0 Å². The molecule has 0 radical (unpaired) electrons. The van der Waals surface area contributed by atoms with Crippen molar-refractivity contribution in [2.45, 2.75) is 26.3 Å². The molecule has 1 N–H and O–H groups in total. The Bertz CT molecular complexity index is 768. The lowest BCUT2D eigenvalue weighted by Gasteiger charge is -2.09. The average Bonchev–Trinajstić information content (AvgIpc) is 3.13.